The molecule has 3 aliphatic rings. The first-order valence-corrected chi connectivity index (χ1v) is 19.2. The van der Waals surface area contributed by atoms with E-state index in [2.05, 4.69) is 31.2 Å². The van der Waals surface area contributed by atoms with Crippen molar-refractivity contribution in [3.05, 3.63) is 87.6 Å². The number of amides is 2. The highest BCUT2D eigenvalue weighted by Gasteiger charge is 2.38. The van der Waals surface area contributed by atoms with E-state index in [4.69, 9.17) is 25.8 Å². The fourth-order valence-corrected chi connectivity index (χ4v) is 8.07. The number of hydrogen-bond acceptors (Lipinski definition) is 9. The zero-order chi connectivity index (χ0) is 39.4. The van der Waals surface area contributed by atoms with E-state index in [1.807, 2.05) is 42.5 Å². The quantitative estimate of drug-likeness (QED) is 0.110. The van der Waals surface area contributed by atoms with Crippen LogP contribution in [-0.4, -0.2) is 61.2 Å². The number of rotatable bonds is 14. The molecule has 4 N–H and O–H groups in total. The van der Waals surface area contributed by atoms with Crippen molar-refractivity contribution in [3.8, 4) is 39.9 Å². The van der Waals surface area contributed by atoms with E-state index in [-0.39, 0.29) is 41.9 Å². The fourth-order valence-electron chi connectivity index (χ4n) is 7.75. The molecule has 2 aromatic carbocycles. The largest absolute Gasteiger partial charge is 0.496 e. The summed E-state index contributed by atoms with van der Waals surface area (Å²) in [5, 5.41) is 12.7. The molecule has 2 saturated heterocycles. The maximum Gasteiger partial charge on any atom is 0.421 e. The van der Waals surface area contributed by atoms with Gasteiger partial charge in [-0.1, -0.05) is 41.9 Å². The summed E-state index contributed by atoms with van der Waals surface area (Å²) in [6, 6.07) is 14.4. The average molecular weight is 793 g/mol. The Balaban J connectivity index is 1.12. The Morgan fingerprint density at radius 2 is 1.55 bits per heavy atom. The summed E-state index contributed by atoms with van der Waals surface area (Å²) in [4.78, 5) is 32.0. The zero-order valence-corrected chi connectivity index (χ0v) is 31.9. The fraction of sp³-hybridized carbons (Fsp3) is 0.415. The molecule has 0 spiro atoms. The third-order valence-electron chi connectivity index (χ3n) is 10.6. The Morgan fingerprint density at radius 1 is 0.839 bits per heavy atom. The second-order valence-corrected chi connectivity index (χ2v) is 14.7. The van der Waals surface area contributed by atoms with Crippen molar-refractivity contribution in [1.29, 1.82) is 0 Å². The minimum atomic E-state index is -4.74. The van der Waals surface area contributed by atoms with Crippen LogP contribution in [0.25, 0.3) is 22.4 Å². The molecule has 15 heteroatoms. The molecule has 0 radical (unpaired) electrons. The number of benzene rings is 2. The first-order chi connectivity index (χ1) is 27.0. The topological polar surface area (TPSA) is 136 Å². The normalized spacial score (nSPS) is 19.4. The molecule has 2 fully saturated rings. The van der Waals surface area contributed by atoms with Crippen LogP contribution < -0.4 is 35.5 Å². The van der Waals surface area contributed by atoms with Crippen LogP contribution in [0.4, 0.5) is 13.2 Å². The van der Waals surface area contributed by atoms with Crippen LogP contribution in [-0.2, 0) is 35.3 Å². The lowest BCUT2D eigenvalue weighted by atomic mass is 9.84. The Kier molecular flexibility index (Phi) is 12.0. The molecule has 4 aromatic rings. The van der Waals surface area contributed by atoms with Crippen LogP contribution in [0.2, 0.25) is 5.02 Å². The van der Waals surface area contributed by atoms with Crippen molar-refractivity contribution >= 4 is 23.4 Å². The summed E-state index contributed by atoms with van der Waals surface area (Å²) in [5.74, 6) is 0.177. The number of aromatic nitrogens is 2. The number of methoxy groups -OCH3 is 2. The van der Waals surface area contributed by atoms with Crippen LogP contribution >= 0.6 is 11.6 Å². The van der Waals surface area contributed by atoms with Gasteiger partial charge < -0.3 is 35.5 Å². The maximum atomic E-state index is 14.6. The Bertz CT molecular complexity index is 2100. The van der Waals surface area contributed by atoms with Crippen LogP contribution in [0.5, 0.6) is 17.5 Å². The Hall–Kier alpha value is -4.92. The van der Waals surface area contributed by atoms with Crippen LogP contribution in [0, 0.1) is 0 Å². The Morgan fingerprint density at radius 3 is 2.20 bits per heavy atom. The molecule has 56 heavy (non-hydrogen) atoms. The van der Waals surface area contributed by atoms with Crippen molar-refractivity contribution in [1.82, 2.24) is 31.2 Å². The number of fused-ring (bicyclic) bond motifs is 1. The minimum absolute atomic E-state index is 0.0248. The number of halogens is 4. The molecule has 11 nitrogen and oxygen atoms in total. The van der Waals surface area contributed by atoms with Gasteiger partial charge in [0.05, 0.1) is 24.9 Å². The molecule has 3 atom stereocenters. The van der Waals surface area contributed by atoms with Crippen molar-refractivity contribution in [2.45, 2.75) is 82.4 Å². The Labute approximate surface area is 328 Å². The monoisotopic (exact) mass is 792 g/mol. The molecule has 7 rings (SSSR count). The smallest absolute Gasteiger partial charge is 0.421 e. The maximum absolute atomic E-state index is 14.6. The second kappa shape index (κ2) is 17.1. The van der Waals surface area contributed by atoms with E-state index in [9.17, 15) is 22.8 Å². The molecule has 0 saturated carbocycles. The number of carbonyl (C=O) groups excluding carboxylic acids is 2. The van der Waals surface area contributed by atoms with E-state index in [0.29, 0.717) is 74.6 Å². The summed E-state index contributed by atoms with van der Waals surface area (Å²) < 4.78 is 61.0. The summed E-state index contributed by atoms with van der Waals surface area (Å²) in [6.07, 6.45) is 0.519. The highest BCUT2D eigenvalue weighted by molar-refractivity contribution is 6.35. The number of nitrogens with one attached hydrogen (secondary N) is 4. The summed E-state index contributed by atoms with van der Waals surface area (Å²) in [7, 11) is 2.97. The van der Waals surface area contributed by atoms with Crippen molar-refractivity contribution in [3.63, 3.8) is 0 Å². The number of nitrogens with zero attached hydrogens (tertiary/aromatic N) is 2. The highest BCUT2D eigenvalue weighted by Crippen LogP contribution is 2.45. The molecule has 2 aliphatic heterocycles. The van der Waals surface area contributed by atoms with Gasteiger partial charge in [-0.2, -0.15) is 18.2 Å². The minimum Gasteiger partial charge on any atom is -0.496 e. The van der Waals surface area contributed by atoms with E-state index in [1.54, 1.807) is 13.3 Å². The zero-order valence-electron chi connectivity index (χ0n) is 31.2. The lowest BCUT2D eigenvalue weighted by Crippen LogP contribution is -2.35. The molecule has 296 valence electrons. The molecular formula is C41H44ClF3N6O5. The second-order valence-electron chi connectivity index (χ2n) is 14.3. The van der Waals surface area contributed by atoms with E-state index in [0.717, 1.165) is 45.9 Å². The van der Waals surface area contributed by atoms with Gasteiger partial charge in [-0.15, -0.1) is 0 Å². The number of ether oxygens (including phenoxy) is 3. The molecule has 2 amide bonds. The molecule has 2 aromatic heterocycles. The lowest BCUT2D eigenvalue weighted by molar-refractivity contribution is -0.140. The molecule has 4 heterocycles. The van der Waals surface area contributed by atoms with Gasteiger partial charge >= 0.3 is 6.18 Å². The first kappa shape index (κ1) is 39.3. The molecule has 0 bridgehead atoms. The van der Waals surface area contributed by atoms with E-state index >= 15 is 0 Å². The third-order valence-corrected chi connectivity index (χ3v) is 10.9. The van der Waals surface area contributed by atoms with Crippen LogP contribution in [0.1, 0.15) is 72.4 Å². The number of hydrogen-bond donors (Lipinski definition) is 4. The summed E-state index contributed by atoms with van der Waals surface area (Å²) >= 11 is 7.13. The number of alkyl halides is 3. The van der Waals surface area contributed by atoms with Gasteiger partial charge in [0.15, 0.2) is 0 Å². The van der Waals surface area contributed by atoms with Gasteiger partial charge in [0.2, 0.25) is 23.6 Å². The van der Waals surface area contributed by atoms with Gasteiger partial charge in [-0.3, -0.25) is 14.6 Å². The van der Waals surface area contributed by atoms with E-state index in [1.165, 1.54) is 7.11 Å². The average Bonchev–Trinajstić information content (AvgIpc) is 3.81. The SMILES string of the molecule is COc1cc(-c2nccc(-c3cccc4c3CCC[C@H]4Oc3nc(OC)c(CNC[C@@H]4CCC(=O)N4)cc3C(F)(F)F)c2Cl)ccc1CNC[C@H]1CCC(=O)N1. The van der Waals surface area contributed by atoms with Crippen molar-refractivity contribution < 1.29 is 37.0 Å². The van der Waals surface area contributed by atoms with Crippen LogP contribution in [0.15, 0.2) is 54.7 Å². The summed E-state index contributed by atoms with van der Waals surface area (Å²) in [6.45, 7) is 1.67. The predicted octanol–water partition coefficient (Wildman–Crippen LogP) is 6.69. The van der Waals surface area contributed by atoms with Crippen molar-refractivity contribution in [2.75, 3.05) is 27.3 Å². The van der Waals surface area contributed by atoms with E-state index < -0.39 is 23.7 Å². The molecule has 1 aliphatic carbocycles. The van der Waals surface area contributed by atoms with Crippen LogP contribution in [0.3, 0.4) is 0 Å². The van der Waals surface area contributed by atoms with Gasteiger partial charge in [0, 0.05) is 79.6 Å². The number of carbonyl (C=O) groups is 2. The van der Waals surface area contributed by atoms with Gasteiger partial charge in [-0.05, 0) is 67.0 Å². The first-order valence-electron chi connectivity index (χ1n) is 18.8. The van der Waals surface area contributed by atoms with Gasteiger partial charge in [-0.25, -0.2) is 0 Å². The lowest BCUT2D eigenvalue weighted by Gasteiger charge is -2.29. The predicted molar refractivity (Wildman–Crippen MR) is 205 cm³/mol. The number of pyridine rings is 2. The molecule has 0 unspecified atom stereocenters. The standard InChI is InChI=1S/C41H44ClF3N6O5/c1-54-34-18-23(9-10-24(34)19-46-21-26-11-13-35(52)49-26)38-37(42)31(15-16-48-38)29-5-3-7-30-28(29)6-4-8-33(30)56-40-32(41(43,44)45)17-25(39(51-40)55-2)20-47-22-27-12-14-36(53)50-27/h3,5,7,9-10,15-18,26-27,33,46-47H,4,6,8,11-14,19-22H2,1-2H3,(H,49,52)(H,50,53)/t26-,27+,33-/m1/s1. The van der Waals surface area contributed by atoms with Gasteiger partial charge in [0.1, 0.15) is 17.4 Å². The van der Waals surface area contributed by atoms with Gasteiger partial charge in [0.25, 0.3) is 0 Å². The summed E-state index contributed by atoms with van der Waals surface area (Å²) in [5.41, 5.74) is 4.77. The third kappa shape index (κ3) is 8.72. The van der Waals surface area contributed by atoms with Crippen molar-refractivity contribution in [2.24, 2.45) is 0 Å². The highest BCUT2D eigenvalue weighted by atomic mass is 35.5. The molecular weight excluding hydrogens is 749 g/mol.